The maximum absolute atomic E-state index is 12.7. The highest BCUT2D eigenvalue weighted by molar-refractivity contribution is 9.10. The van der Waals surface area contributed by atoms with Crippen molar-refractivity contribution in [1.29, 1.82) is 0 Å². The van der Waals surface area contributed by atoms with E-state index in [2.05, 4.69) is 52.7 Å². The summed E-state index contributed by atoms with van der Waals surface area (Å²) < 4.78 is 13.2. The highest BCUT2D eigenvalue weighted by atomic mass is 79.9. The predicted molar refractivity (Wildman–Crippen MR) is 177 cm³/mol. The van der Waals surface area contributed by atoms with Gasteiger partial charge in [-0.3, -0.25) is 4.79 Å². The second-order valence-electron chi connectivity index (χ2n) is 8.89. The number of methoxy groups -OCH3 is 1. The Kier molecular flexibility index (Phi) is 9.91. The number of ether oxygens (including phenoxy) is 2. The molecule has 0 atom stereocenters. The fourth-order valence-electron chi connectivity index (χ4n) is 3.80. The zero-order chi connectivity index (χ0) is 29.5. The van der Waals surface area contributed by atoms with Crippen molar-refractivity contribution in [2.24, 2.45) is 5.10 Å². The van der Waals surface area contributed by atoms with Gasteiger partial charge in [-0.2, -0.15) is 5.10 Å². The van der Waals surface area contributed by atoms with Gasteiger partial charge in [-0.15, -0.1) is 11.3 Å². The number of thiazole rings is 1. The van der Waals surface area contributed by atoms with E-state index in [9.17, 15) is 4.79 Å². The highest BCUT2D eigenvalue weighted by Crippen LogP contribution is 2.34. The minimum absolute atomic E-state index is 0.335. The molecule has 0 spiro atoms. The molecule has 5 aromatic rings. The van der Waals surface area contributed by atoms with Crippen molar-refractivity contribution in [2.75, 3.05) is 12.4 Å². The number of carbonyl (C=O) groups is 1. The van der Waals surface area contributed by atoms with E-state index in [1.165, 1.54) is 11.3 Å². The number of aromatic nitrogens is 1. The molecular formula is C31H23Br2ClN4O3S. The lowest BCUT2D eigenvalue weighted by molar-refractivity contribution is 0.0955. The number of amides is 1. The van der Waals surface area contributed by atoms with Gasteiger partial charge in [0.15, 0.2) is 16.6 Å². The minimum atomic E-state index is -0.335. The number of hydrogen-bond donors (Lipinski definition) is 2. The molecular weight excluding hydrogens is 704 g/mol. The molecule has 11 heteroatoms. The molecule has 42 heavy (non-hydrogen) atoms. The van der Waals surface area contributed by atoms with E-state index in [0.717, 1.165) is 36.6 Å². The molecule has 2 N–H and O–H groups in total. The number of carbonyl (C=O) groups excluding carboxylic acids is 1. The van der Waals surface area contributed by atoms with Crippen molar-refractivity contribution >= 4 is 77.7 Å². The molecule has 0 unspecified atom stereocenters. The van der Waals surface area contributed by atoms with E-state index in [1.54, 1.807) is 31.5 Å². The summed E-state index contributed by atoms with van der Waals surface area (Å²) in [4.78, 5) is 17.3. The van der Waals surface area contributed by atoms with Crippen molar-refractivity contribution in [2.45, 2.75) is 6.61 Å². The number of rotatable bonds is 10. The molecule has 0 radical (unpaired) electrons. The third-order valence-electron chi connectivity index (χ3n) is 6.00. The average Bonchev–Trinajstić information content (AvgIpc) is 3.47. The van der Waals surface area contributed by atoms with Gasteiger partial charge >= 0.3 is 0 Å². The largest absolute Gasteiger partial charge is 0.493 e. The second kappa shape index (κ2) is 14.0. The Labute approximate surface area is 268 Å². The SMILES string of the molecule is COc1cc(/C=N\NC(=O)c2ccc(-c3csc(Nc4ccc(Cl)cc4)n3)cc2)c(Br)cc1OCc1ccc(Br)cc1. The molecule has 0 fully saturated rings. The molecule has 0 aliphatic rings. The number of halogens is 3. The van der Waals surface area contributed by atoms with Gasteiger partial charge < -0.3 is 14.8 Å². The Morgan fingerprint density at radius 1 is 1.00 bits per heavy atom. The lowest BCUT2D eigenvalue weighted by atomic mass is 10.1. The molecule has 1 amide bonds. The van der Waals surface area contributed by atoms with Crippen LogP contribution in [0.5, 0.6) is 11.5 Å². The Balaban J connectivity index is 1.18. The average molecular weight is 727 g/mol. The lowest BCUT2D eigenvalue weighted by Crippen LogP contribution is -2.17. The Morgan fingerprint density at radius 2 is 1.74 bits per heavy atom. The van der Waals surface area contributed by atoms with Crippen LogP contribution in [0.1, 0.15) is 21.5 Å². The number of nitrogens with zero attached hydrogens (tertiary/aromatic N) is 2. The summed E-state index contributed by atoms with van der Waals surface area (Å²) in [5.41, 5.74) is 7.39. The number of benzene rings is 4. The predicted octanol–water partition coefficient (Wildman–Crippen LogP) is 9.08. The first-order valence-electron chi connectivity index (χ1n) is 12.5. The minimum Gasteiger partial charge on any atom is -0.493 e. The Morgan fingerprint density at radius 3 is 2.45 bits per heavy atom. The Hall–Kier alpha value is -3.70. The van der Waals surface area contributed by atoms with E-state index < -0.39 is 0 Å². The number of hydrazone groups is 1. The van der Waals surface area contributed by atoms with Gasteiger partial charge in [0, 0.05) is 41.7 Å². The van der Waals surface area contributed by atoms with Crippen LogP contribution in [0.4, 0.5) is 10.8 Å². The van der Waals surface area contributed by atoms with Crippen molar-refractivity contribution in [3.8, 4) is 22.8 Å². The molecule has 7 nitrogen and oxygen atoms in total. The smallest absolute Gasteiger partial charge is 0.271 e. The summed E-state index contributed by atoms with van der Waals surface area (Å²) in [5.74, 6) is 0.799. The molecule has 0 saturated carbocycles. The molecule has 212 valence electrons. The van der Waals surface area contributed by atoms with Gasteiger partial charge in [0.25, 0.3) is 5.91 Å². The van der Waals surface area contributed by atoms with Crippen molar-refractivity contribution in [3.05, 3.63) is 121 Å². The molecule has 5 rings (SSSR count). The van der Waals surface area contributed by atoms with Gasteiger partial charge in [-0.05, 0) is 82.2 Å². The first kappa shape index (κ1) is 29.8. The van der Waals surface area contributed by atoms with E-state index >= 15 is 0 Å². The van der Waals surface area contributed by atoms with Crippen LogP contribution in [0, 0.1) is 0 Å². The number of hydrogen-bond acceptors (Lipinski definition) is 7. The first-order chi connectivity index (χ1) is 20.4. The van der Waals surface area contributed by atoms with Crippen molar-refractivity contribution in [1.82, 2.24) is 10.4 Å². The van der Waals surface area contributed by atoms with Crippen LogP contribution in [0.3, 0.4) is 0 Å². The topological polar surface area (TPSA) is 84.8 Å². The van der Waals surface area contributed by atoms with Crippen LogP contribution >= 0.6 is 54.8 Å². The maximum atomic E-state index is 12.7. The van der Waals surface area contributed by atoms with Gasteiger partial charge in [0.2, 0.25) is 0 Å². The fourth-order valence-corrected chi connectivity index (χ4v) is 5.36. The third-order valence-corrected chi connectivity index (χ3v) is 8.23. The molecule has 0 bridgehead atoms. The summed E-state index contributed by atoms with van der Waals surface area (Å²) in [6.45, 7) is 0.391. The third kappa shape index (κ3) is 7.77. The van der Waals surface area contributed by atoms with Gasteiger partial charge in [-0.1, -0.05) is 51.8 Å². The van der Waals surface area contributed by atoms with Crippen molar-refractivity contribution < 1.29 is 14.3 Å². The van der Waals surface area contributed by atoms with Crippen LogP contribution in [-0.2, 0) is 6.61 Å². The fraction of sp³-hybridized carbons (Fsp3) is 0.0645. The molecule has 1 aromatic heterocycles. The van der Waals surface area contributed by atoms with E-state index in [0.29, 0.717) is 34.3 Å². The number of anilines is 2. The molecule has 0 saturated heterocycles. The van der Waals surface area contributed by atoms with Crippen LogP contribution < -0.4 is 20.2 Å². The highest BCUT2D eigenvalue weighted by Gasteiger charge is 2.11. The summed E-state index contributed by atoms with van der Waals surface area (Å²) in [5, 5.41) is 10.8. The summed E-state index contributed by atoms with van der Waals surface area (Å²) in [7, 11) is 1.57. The normalized spacial score (nSPS) is 11.0. The van der Waals surface area contributed by atoms with Crippen LogP contribution in [0.25, 0.3) is 11.3 Å². The summed E-state index contributed by atoms with van der Waals surface area (Å²) >= 11 is 14.4. The summed E-state index contributed by atoms with van der Waals surface area (Å²) in [6.07, 6.45) is 1.54. The molecule has 0 aliphatic heterocycles. The van der Waals surface area contributed by atoms with E-state index in [-0.39, 0.29) is 5.91 Å². The van der Waals surface area contributed by atoms with Crippen LogP contribution in [0.2, 0.25) is 5.02 Å². The Bertz CT molecular complexity index is 1710. The van der Waals surface area contributed by atoms with E-state index in [1.807, 2.05) is 72.1 Å². The van der Waals surface area contributed by atoms with E-state index in [4.69, 9.17) is 21.1 Å². The molecule has 4 aromatic carbocycles. The van der Waals surface area contributed by atoms with Crippen LogP contribution in [0.15, 0.2) is 104 Å². The quantitative estimate of drug-likeness (QED) is 0.111. The van der Waals surface area contributed by atoms with Gasteiger partial charge in [0.1, 0.15) is 6.61 Å². The van der Waals surface area contributed by atoms with Crippen LogP contribution in [-0.4, -0.2) is 24.2 Å². The van der Waals surface area contributed by atoms with Gasteiger partial charge in [0.05, 0.1) is 19.0 Å². The molecule has 1 heterocycles. The first-order valence-corrected chi connectivity index (χ1v) is 15.4. The monoisotopic (exact) mass is 724 g/mol. The zero-order valence-electron chi connectivity index (χ0n) is 22.1. The zero-order valence-corrected chi connectivity index (χ0v) is 26.9. The molecule has 0 aliphatic carbocycles. The maximum Gasteiger partial charge on any atom is 0.271 e. The second-order valence-corrected chi connectivity index (χ2v) is 12.0. The summed E-state index contributed by atoms with van der Waals surface area (Å²) in [6, 6.07) is 26.1. The number of nitrogens with one attached hydrogen (secondary N) is 2. The van der Waals surface area contributed by atoms with Crippen molar-refractivity contribution in [3.63, 3.8) is 0 Å². The van der Waals surface area contributed by atoms with Gasteiger partial charge in [-0.25, -0.2) is 10.4 Å². The standard InChI is InChI=1S/C31H23Br2ClN4O3S/c1-40-28-14-22(26(33)15-29(28)41-17-19-2-8-23(32)9-3-19)16-35-38-30(39)21-6-4-20(5-7-21)27-18-42-31(37-27)36-25-12-10-24(34)11-13-25/h2-16,18H,17H2,1H3,(H,36,37)(H,38,39)/b35-16-. The lowest BCUT2D eigenvalue weighted by Gasteiger charge is -2.13.